The lowest BCUT2D eigenvalue weighted by Gasteiger charge is -2.39. The van der Waals surface area contributed by atoms with Crippen LogP contribution in [0.25, 0.3) is 0 Å². The van der Waals surface area contributed by atoms with Crippen LogP contribution in [0.5, 0.6) is 0 Å². The molecule has 3 rings (SSSR count). The van der Waals surface area contributed by atoms with Gasteiger partial charge in [-0.1, -0.05) is 12.1 Å². The van der Waals surface area contributed by atoms with E-state index >= 15 is 0 Å². The van der Waals surface area contributed by atoms with Crippen molar-refractivity contribution in [2.45, 2.75) is 13.8 Å². The highest BCUT2D eigenvalue weighted by Gasteiger charge is 2.46. The SMILES string of the molecule is C=C=Nc1cc(N2C(=O)N(c3ccc(C)c(N=C=O)c3)C2=O)ccc1C. The molecule has 7 heteroatoms. The molecule has 4 amide bonds. The maximum absolute atomic E-state index is 12.5. The predicted octanol–water partition coefficient (Wildman–Crippen LogP) is 4.32. The highest BCUT2D eigenvalue weighted by Crippen LogP contribution is 2.35. The number of rotatable bonds is 4. The second-order valence-corrected chi connectivity index (χ2v) is 5.65. The normalized spacial score (nSPS) is 13.0. The van der Waals surface area contributed by atoms with Gasteiger partial charge in [0.15, 0.2) is 0 Å². The zero-order chi connectivity index (χ0) is 18.8. The van der Waals surface area contributed by atoms with Gasteiger partial charge in [0.1, 0.15) is 0 Å². The number of benzene rings is 2. The molecule has 2 aromatic carbocycles. The Labute approximate surface area is 149 Å². The molecule has 0 atom stereocenters. The van der Waals surface area contributed by atoms with E-state index in [1.54, 1.807) is 37.3 Å². The number of imide groups is 2. The minimum Gasteiger partial charge on any atom is -0.246 e. The summed E-state index contributed by atoms with van der Waals surface area (Å²) in [6.45, 7) is 7.05. The zero-order valence-electron chi connectivity index (χ0n) is 14.2. The third-order valence-corrected chi connectivity index (χ3v) is 4.03. The molecule has 2 aromatic rings. The Balaban J connectivity index is 1.94. The Morgan fingerprint density at radius 3 is 1.73 bits per heavy atom. The number of anilines is 2. The molecule has 26 heavy (non-hydrogen) atoms. The Morgan fingerprint density at radius 2 is 1.31 bits per heavy atom. The third kappa shape index (κ3) is 2.74. The number of nitrogens with zero attached hydrogens (tertiary/aromatic N) is 4. The van der Waals surface area contributed by atoms with Crippen LogP contribution in [0.15, 0.2) is 53.0 Å². The van der Waals surface area contributed by atoms with E-state index in [1.165, 1.54) is 12.1 Å². The molecule has 0 N–H and O–H groups in total. The molecule has 0 aromatic heterocycles. The standard InChI is InChI=1S/C19H14N4O3/c1-4-20-16-9-14(7-5-12(16)2)22-18(25)23(19(22)26)15-8-6-13(3)17(10-15)21-11-24/h5-10H,1H2,2-3H3. The molecule has 1 saturated heterocycles. The van der Waals surface area contributed by atoms with Gasteiger partial charge >= 0.3 is 12.1 Å². The molecule has 0 aliphatic carbocycles. The van der Waals surface area contributed by atoms with Crippen LogP contribution >= 0.6 is 0 Å². The molecule has 0 saturated carbocycles. The van der Waals surface area contributed by atoms with E-state index in [0.29, 0.717) is 22.7 Å². The molecule has 128 valence electrons. The van der Waals surface area contributed by atoms with Crippen molar-refractivity contribution in [2.75, 3.05) is 9.80 Å². The molecule has 7 nitrogen and oxygen atoms in total. The number of hydrogen-bond acceptors (Lipinski definition) is 5. The van der Waals surface area contributed by atoms with E-state index in [2.05, 4.69) is 22.4 Å². The second kappa shape index (κ2) is 6.61. The lowest BCUT2D eigenvalue weighted by molar-refractivity contribution is 0.226. The number of hydrogen-bond donors (Lipinski definition) is 0. The molecule has 1 fully saturated rings. The van der Waals surface area contributed by atoms with Crippen molar-refractivity contribution in [3.05, 3.63) is 54.1 Å². The van der Waals surface area contributed by atoms with Crippen LogP contribution in [-0.4, -0.2) is 24.0 Å². The molecule has 0 spiro atoms. The second-order valence-electron chi connectivity index (χ2n) is 5.65. The highest BCUT2D eigenvalue weighted by atomic mass is 16.2. The van der Waals surface area contributed by atoms with Gasteiger partial charge in [-0.25, -0.2) is 29.2 Å². The van der Waals surface area contributed by atoms with E-state index in [4.69, 9.17) is 0 Å². The van der Waals surface area contributed by atoms with E-state index in [1.807, 2.05) is 6.92 Å². The lowest BCUT2D eigenvalue weighted by atomic mass is 10.1. The first kappa shape index (κ1) is 17.0. The quantitative estimate of drug-likeness (QED) is 0.610. The number of amides is 4. The largest absolute Gasteiger partial charge is 0.345 e. The fourth-order valence-corrected chi connectivity index (χ4v) is 2.61. The molecule has 0 bridgehead atoms. The first-order chi connectivity index (χ1) is 12.5. The fraction of sp³-hybridized carbons (Fsp3) is 0.105. The van der Waals surface area contributed by atoms with Gasteiger partial charge in [0.25, 0.3) is 0 Å². The summed E-state index contributed by atoms with van der Waals surface area (Å²) >= 11 is 0. The van der Waals surface area contributed by atoms with Crippen LogP contribution < -0.4 is 9.80 Å². The summed E-state index contributed by atoms with van der Waals surface area (Å²) in [5.74, 6) is 2.44. The van der Waals surface area contributed by atoms with Crippen molar-refractivity contribution in [1.29, 1.82) is 0 Å². The van der Waals surface area contributed by atoms with Gasteiger partial charge in [-0.05, 0) is 61.7 Å². The summed E-state index contributed by atoms with van der Waals surface area (Å²) in [5.41, 5.74) is 3.29. The van der Waals surface area contributed by atoms with Crippen LogP contribution in [0.3, 0.4) is 0 Å². The van der Waals surface area contributed by atoms with Crippen molar-refractivity contribution in [1.82, 2.24) is 0 Å². The average Bonchev–Trinajstić information content (AvgIpc) is 2.61. The number of isocyanates is 1. The fourth-order valence-electron chi connectivity index (χ4n) is 2.61. The summed E-state index contributed by atoms with van der Waals surface area (Å²) in [4.78, 5) is 45.2. The maximum atomic E-state index is 12.5. The summed E-state index contributed by atoms with van der Waals surface area (Å²) in [6, 6.07) is 8.84. The molecule has 1 heterocycles. The van der Waals surface area contributed by atoms with Crippen LogP contribution in [0.4, 0.5) is 32.3 Å². The summed E-state index contributed by atoms with van der Waals surface area (Å²) in [7, 11) is 0. The van der Waals surface area contributed by atoms with E-state index in [0.717, 1.165) is 20.9 Å². The van der Waals surface area contributed by atoms with E-state index in [9.17, 15) is 14.4 Å². The monoisotopic (exact) mass is 346 g/mol. The summed E-state index contributed by atoms with van der Waals surface area (Å²) in [5, 5.41) is 0. The van der Waals surface area contributed by atoms with Crippen LogP contribution in [-0.2, 0) is 4.79 Å². The molecule has 1 aliphatic heterocycles. The van der Waals surface area contributed by atoms with Crippen LogP contribution in [0, 0.1) is 13.8 Å². The number of aryl methyl sites for hydroxylation is 2. The van der Waals surface area contributed by atoms with Crippen LogP contribution in [0.2, 0.25) is 0 Å². The Hall–Kier alpha value is -3.79. The topological polar surface area (TPSA) is 82.4 Å². The first-order valence-electron chi connectivity index (χ1n) is 7.68. The molecular formula is C19H14N4O3. The Morgan fingerprint density at radius 1 is 0.846 bits per heavy atom. The van der Waals surface area contributed by atoms with Crippen molar-refractivity contribution in [3.63, 3.8) is 0 Å². The number of aliphatic imine (C=N–C) groups is 2. The van der Waals surface area contributed by atoms with Gasteiger partial charge in [-0.15, -0.1) is 0 Å². The highest BCUT2D eigenvalue weighted by molar-refractivity contribution is 6.41. The minimum absolute atomic E-state index is 0.340. The van der Waals surface area contributed by atoms with Gasteiger partial charge < -0.3 is 0 Å². The van der Waals surface area contributed by atoms with Gasteiger partial charge in [-0.3, -0.25) is 0 Å². The van der Waals surface area contributed by atoms with Crippen molar-refractivity contribution < 1.29 is 14.4 Å². The third-order valence-electron chi connectivity index (χ3n) is 4.03. The van der Waals surface area contributed by atoms with Crippen molar-refractivity contribution in [2.24, 2.45) is 9.98 Å². The van der Waals surface area contributed by atoms with Gasteiger partial charge in [0.05, 0.1) is 22.7 Å². The predicted molar refractivity (Wildman–Crippen MR) is 98.6 cm³/mol. The smallest absolute Gasteiger partial charge is 0.246 e. The maximum Gasteiger partial charge on any atom is 0.345 e. The molecular weight excluding hydrogens is 332 g/mol. The van der Waals surface area contributed by atoms with Gasteiger partial charge in [0, 0.05) is 0 Å². The Bertz CT molecular complexity index is 936. The van der Waals surface area contributed by atoms with Gasteiger partial charge in [0.2, 0.25) is 6.08 Å². The number of carbonyl (C=O) groups excluding carboxylic acids is 3. The minimum atomic E-state index is -0.503. The summed E-state index contributed by atoms with van der Waals surface area (Å²) in [6.07, 6.45) is 1.46. The van der Waals surface area contributed by atoms with E-state index < -0.39 is 12.1 Å². The van der Waals surface area contributed by atoms with Gasteiger partial charge in [-0.2, -0.15) is 4.99 Å². The first-order valence-corrected chi connectivity index (χ1v) is 7.68. The molecule has 0 unspecified atom stereocenters. The van der Waals surface area contributed by atoms with Crippen LogP contribution in [0.1, 0.15) is 11.1 Å². The lowest BCUT2D eigenvalue weighted by Crippen LogP contribution is -2.64. The summed E-state index contributed by atoms with van der Waals surface area (Å²) < 4.78 is 0. The number of urea groups is 2. The zero-order valence-corrected chi connectivity index (χ0v) is 14.2. The van der Waals surface area contributed by atoms with Crippen molar-refractivity contribution in [3.8, 4) is 0 Å². The molecule has 0 radical (unpaired) electrons. The average molecular weight is 346 g/mol. The van der Waals surface area contributed by atoms with Crippen molar-refractivity contribution >= 4 is 46.8 Å². The van der Waals surface area contributed by atoms with E-state index in [-0.39, 0.29) is 0 Å². The molecule has 1 aliphatic rings. The Kier molecular flexibility index (Phi) is 4.33. The number of carbonyl (C=O) groups is 2.